The summed E-state index contributed by atoms with van der Waals surface area (Å²) in [6, 6.07) is 0. The van der Waals surface area contributed by atoms with E-state index < -0.39 is 0 Å². The van der Waals surface area contributed by atoms with Gasteiger partial charge in [-0.25, -0.2) is 4.68 Å². The van der Waals surface area contributed by atoms with Gasteiger partial charge in [0.25, 0.3) is 0 Å². The summed E-state index contributed by atoms with van der Waals surface area (Å²) in [6.45, 7) is 3.60. The summed E-state index contributed by atoms with van der Waals surface area (Å²) in [5.74, 6) is 3.11. The van der Waals surface area contributed by atoms with Gasteiger partial charge >= 0.3 is 0 Å². The molecule has 6 heteroatoms. The van der Waals surface area contributed by atoms with Crippen LogP contribution in [-0.2, 0) is 16.1 Å². The van der Waals surface area contributed by atoms with E-state index in [0.717, 1.165) is 38.7 Å². The molecular formula is C24H37N3O3. The molecule has 1 aromatic rings. The van der Waals surface area contributed by atoms with Crippen molar-refractivity contribution >= 4 is 5.78 Å². The highest BCUT2D eigenvalue weighted by atomic mass is 16.5. The van der Waals surface area contributed by atoms with Crippen molar-refractivity contribution in [2.24, 2.45) is 40.4 Å². The molecule has 1 heterocycles. The zero-order valence-corrected chi connectivity index (χ0v) is 18.5. The molecule has 0 aromatic carbocycles. The van der Waals surface area contributed by atoms with Gasteiger partial charge in [-0.3, -0.25) is 4.79 Å². The van der Waals surface area contributed by atoms with Gasteiger partial charge in [-0.15, -0.1) is 5.10 Å². The Morgan fingerprint density at radius 1 is 1.17 bits per heavy atom. The number of methoxy groups -OCH3 is 1. The summed E-state index contributed by atoms with van der Waals surface area (Å²) in [5.41, 5.74) is 0.356. The van der Waals surface area contributed by atoms with Crippen molar-refractivity contribution in [1.29, 1.82) is 0 Å². The highest BCUT2D eigenvalue weighted by molar-refractivity contribution is 5.82. The average molecular weight is 416 g/mol. The maximum Gasteiger partial charge on any atom is 0.157 e. The summed E-state index contributed by atoms with van der Waals surface area (Å²) in [6.07, 6.45) is 13.3. The van der Waals surface area contributed by atoms with Gasteiger partial charge in [-0.2, -0.15) is 0 Å². The number of carbonyl (C=O) groups excluding carboxylic acids is 1. The molecule has 4 saturated carbocycles. The maximum absolute atomic E-state index is 13.2. The number of aromatic nitrogens is 3. The van der Waals surface area contributed by atoms with E-state index >= 15 is 0 Å². The summed E-state index contributed by atoms with van der Waals surface area (Å²) >= 11 is 0. The fourth-order valence-corrected chi connectivity index (χ4v) is 8.69. The summed E-state index contributed by atoms with van der Waals surface area (Å²) in [7, 11) is 1.85. The number of ether oxygens (including phenoxy) is 1. The lowest BCUT2D eigenvalue weighted by molar-refractivity contribution is -0.161. The molecule has 0 saturated heterocycles. The van der Waals surface area contributed by atoms with Crippen LogP contribution < -0.4 is 0 Å². The molecule has 0 spiro atoms. The SMILES string of the molecule is COCC12CCC(O)CC1CCC1C3CCC(C(=O)Cn4ccnn4)C3(C)CCC12. The Hall–Kier alpha value is -1.27. The molecule has 0 amide bonds. The van der Waals surface area contributed by atoms with Crippen molar-refractivity contribution in [3.05, 3.63) is 12.4 Å². The van der Waals surface area contributed by atoms with Crippen molar-refractivity contribution in [2.75, 3.05) is 13.7 Å². The number of ketones is 1. The molecule has 166 valence electrons. The zero-order chi connectivity index (χ0) is 20.9. The molecule has 5 rings (SSSR count). The number of rotatable bonds is 5. The van der Waals surface area contributed by atoms with E-state index in [1.165, 1.54) is 25.7 Å². The van der Waals surface area contributed by atoms with Crippen molar-refractivity contribution in [2.45, 2.75) is 77.4 Å². The first kappa shape index (κ1) is 20.6. The second-order valence-corrected chi connectivity index (χ2v) is 11.0. The van der Waals surface area contributed by atoms with Gasteiger partial charge in [0.15, 0.2) is 5.78 Å². The van der Waals surface area contributed by atoms with Gasteiger partial charge in [0, 0.05) is 19.2 Å². The molecule has 8 unspecified atom stereocenters. The first-order chi connectivity index (χ1) is 14.5. The van der Waals surface area contributed by atoms with Gasteiger partial charge in [-0.1, -0.05) is 12.1 Å². The Morgan fingerprint density at radius 2 is 2.03 bits per heavy atom. The van der Waals surface area contributed by atoms with Gasteiger partial charge in [0.1, 0.15) is 6.54 Å². The van der Waals surface area contributed by atoms with E-state index in [2.05, 4.69) is 17.2 Å². The standard InChI is InChI=1S/C24H37N3O3/c1-23-9-8-20-18(4-3-16-13-17(28)7-10-24(16,20)15-30-2)19(23)5-6-21(23)22(29)14-27-12-11-25-26-27/h11-12,16-21,28H,3-10,13-15H2,1-2H3. The van der Waals surface area contributed by atoms with Crippen LogP contribution in [0.25, 0.3) is 0 Å². The van der Waals surface area contributed by atoms with E-state index in [-0.39, 0.29) is 22.9 Å². The lowest BCUT2D eigenvalue weighted by Crippen LogP contribution is -2.57. The quantitative estimate of drug-likeness (QED) is 0.796. The van der Waals surface area contributed by atoms with Gasteiger partial charge < -0.3 is 9.84 Å². The number of aliphatic hydroxyl groups is 1. The number of carbonyl (C=O) groups is 1. The van der Waals surface area contributed by atoms with E-state index in [0.29, 0.717) is 36.0 Å². The number of aliphatic hydroxyl groups excluding tert-OH is 1. The number of hydrogen-bond donors (Lipinski definition) is 1. The maximum atomic E-state index is 13.2. The Morgan fingerprint density at radius 3 is 2.80 bits per heavy atom. The first-order valence-corrected chi connectivity index (χ1v) is 12.0. The predicted octanol–water partition coefficient (Wildman–Crippen LogP) is 3.49. The van der Waals surface area contributed by atoms with Crippen molar-refractivity contribution in [3.63, 3.8) is 0 Å². The van der Waals surface area contributed by atoms with Crippen molar-refractivity contribution < 1.29 is 14.6 Å². The molecule has 30 heavy (non-hydrogen) atoms. The number of nitrogens with zero attached hydrogens (tertiary/aromatic N) is 3. The fourth-order valence-electron chi connectivity index (χ4n) is 8.69. The monoisotopic (exact) mass is 415 g/mol. The molecule has 1 N–H and O–H groups in total. The lowest BCUT2D eigenvalue weighted by atomic mass is 9.44. The number of hydrogen-bond acceptors (Lipinski definition) is 5. The third kappa shape index (κ3) is 3.09. The Kier molecular flexibility index (Phi) is 5.29. The minimum atomic E-state index is -0.129. The highest BCUT2D eigenvalue weighted by Gasteiger charge is 2.62. The van der Waals surface area contributed by atoms with Crippen molar-refractivity contribution in [1.82, 2.24) is 15.0 Å². The Labute approximate surface area is 179 Å². The molecule has 4 aliphatic carbocycles. The average Bonchev–Trinajstić information content (AvgIpc) is 3.35. The molecular weight excluding hydrogens is 378 g/mol. The first-order valence-electron chi connectivity index (χ1n) is 12.0. The number of fused-ring (bicyclic) bond motifs is 5. The Bertz CT molecular complexity index is 768. The molecule has 8 atom stereocenters. The minimum Gasteiger partial charge on any atom is -0.393 e. The second-order valence-electron chi connectivity index (χ2n) is 11.0. The van der Waals surface area contributed by atoms with Crippen LogP contribution in [0, 0.1) is 40.4 Å². The summed E-state index contributed by atoms with van der Waals surface area (Å²) < 4.78 is 7.51. The molecule has 1 aromatic heterocycles. The summed E-state index contributed by atoms with van der Waals surface area (Å²) in [5, 5.41) is 18.2. The zero-order valence-electron chi connectivity index (χ0n) is 18.5. The third-order valence-corrected chi connectivity index (χ3v) is 9.93. The van der Waals surface area contributed by atoms with Crippen LogP contribution >= 0.6 is 0 Å². The molecule has 4 fully saturated rings. The van der Waals surface area contributed by atoms with Gasteiger partial charge in [0.2, 0.25) is 0 Å². The van der Waals surface area contributed by atoms with Crippen LogP contribution in [0.15, 0.2) is 12.4 Å². The van der Waals surface area contributed by atoms with E-state index in [4.69, 9.17) is 4.74 Å². The van der Waals surface area contributed by atoms with Gasteiger partial charge in [0.05, 0.1) is 18.9 Å². The fraction of sp³-hybridized carbons (Fsp3) is 0.875. The molecule has 0 radical (unpaired) electrons. The van der Waals surface area contributed by atoms with E-state index in [9.17, 15) is 9.90 Å². The normalized spacial score (nSPS) is 45.4. The van der Waals surface area contributed by atoms with Gasteiger partial charge in [-0.05, 0) is 92.3 Å². The second kappa shape index (κ2) is 7.70. The van der Waals surface area contributed by atoms with Crippen LogP contribution in [0.1, 0.15) is 64.7 Å². The molecule has 0 bridgehead atoms. The van der Waals surface area contributed by atoms with Crippen LogP contribution in [-0.4, -0.2) is 45.7 Å². The third-order valence-electron chi connectivity index (χ3n) is 9.93. The lowest BCUT2D eigenvalue weighted by Gasteiger charge is -2.61. The topological polar surface area (TPSA) is 77.2 Å². The van der Waals surface area contributed by atoms with Crippen LogP contribution in [0.4, 0.5) is 0 Å². The smallest absolute Gasteiger partial charge is 0.157 e. The Balaban J connectivity index is 1.38. The van der Waals surface area contributed by atoms with Crippen molar-refractivity contribution in [3.8, 4) is 0 Å². The minimum absolute atomic E-state index is 0.119. The van der Waals surface area contributed by atoms with E-state index in [1.54, 1.807) is 17.1 Å². The van der Waals surface area contributed by atoms with Crippen LogP contribution in [0.5, 0.6) is 0 Å². The molecule has 4 aliphatic rings. The number of Topliss-reactive ketones (excluding diaryl/α,β-unsaturated/α-hetero) is 1. The summed E-state index contributed by atoms with van der Waals surface area (Å²) in [4.78, 5) is 13.2. The van der Waals surface area contributed by atoms with Crippen LogP contribution in [0.2, 0.25) is 0 Å². The predicted molar refractivity (Wildman–Crippen MR) is 112 cm³/mol. The van der Waals surface area contributed by atoms with Crippen LogP contribution in [0.3, 0.4) is 0 Å². The largest absolute Gasteiger partial charge is 0.393 e. The molecule has 6 nitrogen and oxygen atoms in total. The molecule has 0 aliphatic heterocycles. The highest BCUT2D eigenvalue weighted by Crippen LogP contribution is 2.67. The van der Waals surface area contributed by atoms with E-state index in [1.807, 2.05) is 7.11 Å².